The highest BCUT2D eigenvalue weighted by Crippen LogP contribution is 2.49. The van der Waals surface area contributed by atoms with Crippen molar-refractivity contribution in [3.63, 3.8) is 0 Å². The maximum atomic E-state index is 6.58. The number of hydrogen-bond acceptors (Lipinski definition) is 1. The van der Waals surface area contributed by atoms with Crippen molar-refractivity contribution in [3.05, 3.63) is 146 Å². The summed E-state index contributed by atoms with van der Waals surface area (Å²) in [4.78, 5) is 0. The summed E-state index contributed by atoms with van der Waals surface area (Å²) in [5.41, 5.74) is 6.76. The lowest BCUT2D eigenvalue weighted by Gasteiger charge is -2.20. The molecule has 9 aromatic carbocycles. The van der Waals surface area contributed by atoms with Crippen LogP contribution in [-0.2, 0) is 0 Å². The van der Waals surface area contributed by atoms with Crippen molar-refractivity contribution in [1.82, 2.24) is 0 Å². The molecule has 0 spiro atoms. The van der Waals surface area contributed by atoms with Crippen LogP contribution in [0.4, 0.5) is 0 Å². The standard InChI is InChI=1S/C42H24O/c1-3-16-31-29(14-1)40(35-20-9-19-34-28-13-5-6-21-37(28)43-42(34)35)30-15-2-4-17-32(30)41(31)36-24-27-12-7-10-25-22-23-26-11-8-18-33(36)39(26)38(25)27/h1-24H. The molecule has 0 saturated carbocycles. The first-order valence-corrected chi connectivity index (χ1v) is 14.9. The van der Waals surface area contributed by atoms with E-state index in [0.29, 0.717) is 0 Å². The van der Waals surface area contributed by atoms with Gasteiger partial charge < -0.3 is 4.42 Å². The van der Waals surface area contributed by atoms with E-state index in [1.54, 1.807) is 0 Å². The van der Waals surface area contributed by atoms with Crippen molar-refractivity contribution in [2.24, 2.45) is 0 Å². The van der Waals surface area contributed by atoms with Crippen LogP contribution in [0, 0.1) is 0 Å². The molecule has 0 amide bonds. The zero-order chi connectivity index (χ0) is 28.1. The molecule has 0 aliphatic rings. The van der Waals surface area contributed by atoms with Crippen molar-refractivity contribution in [1.29, 1.82) is 0 Å². The van der Waals surface area contributed by atoms with E-state index in [1.165, 1.54) is 70.6 Å². The van der Waals surface area contributed by atoms with Gasteiger partial charge in [0.1, 0.15) is 11.2 Å². The third kappa shape index (κ3) is 3.06. The molecule has 1 nitrogen and oxygen atoms in total. The fourth-order valence-corrected chi connectivity index (χ4v) is 7.62. The second-order valence-electron chi connectivity index (χ2n) is 11.6. The van der Waals surface area contributed by atoms with Gasteiger partial charge in [-0.25, -0.2) is 0 Å². The van der Waals surface area contributed by atoms with Crippen molar-refractivity contribution < 1.29 is 4.42 Å². The van der Waals surface area contributed by atoms with Crippen LogP contribution in [0.2, 0.25) is 0 Å². The Morgan fingerprint density at radius 3 is 1.56 bits per heavy atom. The Morgan fingerprint density at radius 1 is 0.326 bits per heavy atom. The van der Waals surface area contributed by atoms with Gasteiger partial charge in [0.25, 0.3) is 0 Å². The van der Waals surface area contributed by atoms with Crippen LogP contribution in [0.1, 0.15) is 0 Å². The van der Waals surface area contributed by atoms with Crippen LogP contribution >= 0.6 is 0 Å². The minimum absolute atomic E-state index is 0.920. The number of benzene rings is 9. The van der Waals surface area contributed by atoms with Gasteiger partial charge in [-0.2, -0.15) is 0 Å². The SMILES string of the molecule is c1cc2ccc3cccc4c(-c5c6ccccc6c(-c6cccc7c6oc6ccccc67)c6ccccc56)cc(c1)c2c34. The Hall–Kier alpha value is -5.66. The molecule has 0 aliphatic carbocycles. The molecule has 0 aliphatic heterocycles. The second-order valence-corrected chi connectivity index (χ2v) is 11.6. The summed E-state index contributed by atoms with van der Waals surface area (Å²) in [6.45, 7) is 0. The van der Waals surface area contributed by atoms with Gasteiger partial charge in [-0.3, -0.25) is 0 Å². The third-order valence-electron chi connectivity index (χ3n) is 9.38. The van der Waals surface area contributed by atoms with Crippen molar-refractivity contribution >= 4 is 75.8 Å². The van der Waals surface area contributed by atoms with Gasteiger partial charge in [0.15, 0.2) is 0 Å². The molecule has 1 heterocycles. The predicted octanol–water partition coefficient (Wildman–Crippen LogP) is 12.1. The average Bonchev–Trinajstić information content (AvgIpc) is 3.45. The zero-order valence-corrected chi connectivity index (χ0v) is 23.3. The minimum Gasteiger partial charge on any atom is -0.455 e. The zero-order valence-electron chi connectivity index (χ0n) is 23.3. The topological polar surface area (TPSA) is 13.1 Å². The molecule has 1 heteroatoms. The molecule has 0 unspecified atom stereocenters. The number of hydrogen-bond donors (Lipinski definition) is 0. The summed E-state index contributed by atoms with van der Waals surface area (Å²) in [6.07, 6.45) is 0. The second kappa shape index (κ2) is 8.44. The Labute approximate surface area is 247 Å². The predicted molar refractivity (Wildman–Crippen MR) is 183 cm³/mol. The highest BCUT2D eigenvalue weighted by molar-refractivity contribution is 6.31. The lowest BCUT2D eigenvalue weighted by atomic mass is 9.82. The van der Waals surface area contributed by atoms with E-state index >= 15 is 0 Å². The molecular weight excluding hydrogens is 520 g/mol. The van der Waals surface area contributed by atoms with E-state index < -0.39 is 0 Å². The van der Waals surface area contributed by atoms with Crippen LogP contribution in [0.15, 0.2) is 150 Å². The van der Waals surface area contributed by atoms with E-state index in [4.69, 9.17) is 4.42 Å². The van der Waals surface area contributed by atoms with Crippen LogP contribution < -0.4 is 0 Å². The van der Waals surface area contributed by atoms with Gasteiger partial charge in [-0.05, 0) is 77.1 Å². The van der Waals surface area contributed by atoms with E-state index in [0.717, 1.165) is 27.5 Å². The molecule has 1 aromatic heterocycles. The fourth-order valence-electron chi connectivity index (χ4n) is 7.62. The van der Waals surface area contributed by atoms with Crippen molar-refractivity contribution in [3.8, 4) is 22.3 Å². The molecule has 0 saturated heterocycles. The lowest BCUT2D eigenvalue weighted by Crippen LogP contribution is -1.93. The van der Waals surface area contributed by atoms with Gasteiger partial charge in [0.2, 0.25) is 0 Å². The van der Waals surface area contributed by atoms with Gasteiger partial charge in [-0.1, -0.05) is 133 Å². The number of rotatable bonds is 2. The van der Waals surface area contributed by atoms with Gasteiger partial charge in [0.05, 0.1) is 0 Å². The summed E-state index contributed by atoms with van der Waals surface area (Å²) in [5.74, 6) is 0. The average molecular weight is 545 g/mol. The highest BCUT2D eigenvalue weighted by Gasteiger charge is 2.22. The van der Waals surface area contributed by atoms with Crippen molar-refractivity contribution in [2.75, 3.05) is 0 Å². The summed E-state index contributed by atoms with van der Waals surface area (Å²) in [5, 5.41) is 15.1. The molecular formula is C42H24O. The van der Waals surface area contributed by atoms with Crippen LogP contribution in [0.5, 0.6) is 0 Å². The minimum atomic E-state index is 0.920. The molecule has 198 valence electrons. The number of furan rings is 1. The van der Waals surface area contributed by atoms with Crippen LogP contribution in [0.3, 0.4) is 0 Å². The first-order valence-electron chi connectivity index (χ1n) is 14.9. The van der Waals surface area contributed by atoms with E-state index in [-0.39, 0.29) is 0 Å². The molecule has 10 rings (SSSR count). The van der Waals surface area contributed by atoms with E-state index in [1.807, 2.05) is 6.07 Å². The molecule has 0 atom stereocenters. The Balaban J connectivity index is 1.40. The molecule has 0 radical (unpaired) electrons. The molecule has 43 heavy (non-hydrogen) atoms. The first kappa shape index (κ1) is 23.0. The number of fused-ring (bicyclic) bond motifs is 5. The molecule has 0 N–H and O–H groups in total. The normalized spacial score (nSPS) is 12.2. The quantitative estimate of drug-likeness (QED) is 0.156. The van der Waals surface area contributed by atoms with Crippen LogP contribution in [-0.4, -0.2) is 0 Å². The fraction of sp³-hybridized carbons (Fsp3) is 0. The van der Waals surface area contributed by atoms with Crippen LogP contribution in [0.25, 0.3) is 98.1 Å². The molecule has 0 bridgehead atoms. The lowest BCUT2D eigenvalue weighted by molar-refractivity contribution is 0.670. The summed E-state index contributed by atoms with van der Waals surface area (Å²) < 4.78 is 6.58. The smallest absolute Gasteiger partial charge is 0.143 e. The maximum absolute atomic E-state index is 6.58. The van der Waals surface area contributed by atoms with Gasteiger partial charge >= 0.3 is 0 Å². The maximum Gasteiger partial charge on any atom is 0.143 e. The number of para-hydroxylation sites is 2. The van der Waals surface area contributed by atoms with E-state index in [9.17, 15) is 0 Å². The molecule has 10 aromatic rings. The monoisotopic (exact) mass is 544 g/mol. The van der Waals surface area contributed by atoms with Crippen molar-refractivity contribution in [2.45, 2.75) is 0 Å². The Bertz CT molecular complexity index is 2670. The summed E-state index contributed by atoms with van der Waals surface area (Å²) >= 11 is 0. The summed E-state index contributed by atoms with van der Waals surface area (Å²) in [7, 11) is 0. The van der Waals surface area contributed by atoms with E-state index in [2.05, 4.69) is 140 Å². The summed E-state index contributed by atoms with van der Waals surface area (Å²) in [6, 6.07) is 53.1. The van der Waals surface area contributed by atoms with Gasteiger partial charge in [-0.15, -0.1) is 0 Å². The largest absolute Gasteiger partial charge is 0.455 e. The Kier molecular flexibility index (Phi) is 4.51. The first-order chi connectivity index (χ1) is 21.3. The van der Waals surface area contributed by atoms with Gasteiger partial charge in [0, 0.05) is 21.9 Å². The molecule has 0 fully saturated rings. The Morgan fingerprint density at radius 2 is 0.837 bits per heavy atom. The third-order valence-corrected chi connectivity index (χ3v) is 9.38. The highest BCUT2D eigenvalue weighted by atomic mass is 16.3.